The van der Waals surface area contributed by atoms with Crippen molar-refractivity contribution in [2.75, 3.05) is 25.3 Å². The van der Waals surface area contributed by atoms with Crippen molar-refractivity contribution in [1.29, 1.82) is 0 Å². The maximum Gasteiger partial charge on any atom is 0.248 e. The Bertz CT molecular complexity index is 1020. The van der Waals surface area contributed by atoms with Gasteiger partial charge in [-0.1, -0.05) is 56.5 Å². The van der Waals surface area contributed by atoms with Crippen LogP contribution in [-0.2, 0) is 9.53 Å². The summed E-state index contributed by atoms with van der Waals surface area (Å²) in [6.45, 7) is 11.2. The number of unbranched alkanes of at least 4 members (excludes halogenated alkanes) is 1. The Kier molecular flexibility index (Phi) is 7.58. The molecule has 2 aromatic carbocycles. The van der Waals surface area contributed by atoms with Crippen molar-refractivity contribution >= 4 is 17.3 Å². The number of halogens is 1. The van der Waals surface area contributed by atoms with Crippen LogP contribution in [0.1, 0.15) is 56.7 Å². The molecule has 5 nitrogen and oxygen atoms in total. The average Bonchev–Trinajstić information content (AvgIpc) is 3.02. The number of carbonyl (C=O) groups is 1. The summed E-state index contributed by atoms with van der Waals surface area (Å²) in [5, 5.41) is 10.1. The van der Waals surface area contributed by atoms with Crippen LogP contribution < -0.4 is 10.3 Å². The highest BCUT2D eigenvalue weighted by Gasteiger charge is 2.61. The molecule has 2 aromatic rings. The van der Waals surface area contributed by atoms with Crippen LogP contribution >= 0.6 is 0 Å². The number of hydrogen-bond donors (Lipinski definition) is 1. The zero-order chi connectivity index (χ0) is 24.2. The Hall–Kier alpha value is -2.73. The topological polar surface area (TPSA) is 53.9 Å². The van der Waals surface area contributed by atoms with Crippen LogP contribution in [-0.4, -0.2) is 37.4 Å². The third-order valence-electron chi connectivity index (χ3n) is 6.98. The van der Waals surface area contributed by atoms with Crippen LogP contribution in [0.3, 0.4) is 0 Å². The number of ether oxygens (including phenoxy) is 1. The lowest BCUT2D eigenvalue weighted by Crippen LogP contribution is -2.63. The van der Waals surface area contributed by atoms with Gasteiger partial charge in [-0.05, 0) is 56.5 Å². The van der Waals surface area contributed by atoms with E-state index in [4.69, 9.17) is 9.84 Å². The molecule has 0 aliphatic carbocycles. The van der Waals surface area contributed by atoms with E-state index < -0.39 is 11.0 Å². The quantitative estimate of drug-likeness (QED) is 0.518. The largest absolute Gasteiger partial charge is 0.383 e. The predicted molar refractivity (Wildman–Crippen MR) is 132 cm³/mol. The fourth-order valence-corrected chi connectivity index (χ4v) is 4.77. The van der Waals surface area contributed by atoms with Crippen LogP contribution in [0.25, 0.3) is 0 Å². The molecule has 0 bridgehead atoms. The van der Waals surface area contributed by atoms with E-state index in [-0.39, 0.29) is 11.7 Å². The molecule has 0 aromatic heterocycles. The molecule has 6 heteroatoms. The highest BCUT2D eigenvalue weighted by atomic mass is 19.1. The van der Waals surface area contributed by atoms with Crippen LogP contribution in [0.5, 0.6) is 0 Å². The normalized spacial score (nSPS) is 22.4. The number of aryl methyl sites for hydroxylation is 2. The first kappa shape index (κ1) is 24.9. The minimum absolute atomic E-state index is 0.0982. The van der Waals surface area contributed by atoms with E-state index in [1.54, 1.807) is 19.2 Å². The summed E-state index contributed by atoms with van der Waals surface area (Å²) in [4.78, 5) is 13.9. The van der Waals surface area contributed by atoms with Gasteiger partial charge in [0.2, 0.25) is 5.91 Å². The minimum atomic E-state index is -0.986. The third kappa shape index (κ3) is 4.54. The number of nitrogens with one attached hydrogen (secondary N) is 1. The van der Waals surface area contributed by atoms with E-state index in [1.807, 2.05) is 31.0 Å². The second kappa shape index (κ2) is 10.0. The molecule has 2 atom stereocenters. The van der Waals surface area contributed by atoms with E-state index in [9.17, 15) is 9.18 Å². The number of hydrazone groups is 1. The minimum Gasteiger partial charge on any atom is -0.383 e. The first-order valence-electron chi connectivity index (χ1n) is 11.7. The number of amides is 1. The molecule has 1 heterocycles. The van der Waals surface area contributed by atoms with Gasteiger partial charge in [0.1, 0.15) is 11.4 Å². The summed E-state index contributed by atoms with van der Waals surface area (Å²) >= 11 is 0. The summed E-state index contributed by atoms with van der Waals surface area (Å²) in [5.41, 5.74) is 3.14. The molecule has 0 spiro atoms. The van der Waals surface area contributed by atoms with Crippen molar-refractivity contribution in [2.45, 2.75) is 59.4 Å². The van der Waals surface area contributed by atoms with E-state index in [0.717, 1.165) is 47.4 Å². The van der Waals surface area contributed by atoms with E-state index in [2.05, 4.69) is 32.2 Å². The molecule has 1 N–H and O–H groups in total. The maximum absolute atomic E-state index is 13.9. The third-order valence-corrected chi connectivity index (χ3v) is 6.98. The molecular formula is C27H36FN3O2. The Labute approximate surface area is 197 Å². The second-order valence-electron chi connectivity index (χ2n) is 9.31. The monoisotopic (exact) mass is 453 g/mol. The van der Waals surface area contributed by atoms with Crippen LogP contribution in [0.15, 0.2) is 47.6 Å². The number of carbonyl (C=O) groups excluding carboxylic acids is 1. The molecule has 178 valence electrons. The van der Waals surface area contributed by atoms with Crippen molar-refractivity contribution < 1.29 is 13.9 Å². The van der Waals surface area contributed by atoms with Gasteiger partial charge < -0.3 is 10.1 Å². The second-order valence-corrected chi connectivity index (χ2v) is 9.31. The van der Waals surface area contributed by atoms with Gasteiger partial charge in [-0.3, -0.25) is 4.79 Å². The Balaban J connectivity index is 2.21. The van der Waals surface area contributed by atoms with Gasteiger partial charge in [0.25, 0.3) is 0 Å². The van der Waals surface area contributed by atoms with Gasteiger partial charge in [0, 0.05) is 19.1 Å². The van der Waals surface area contributed by atoms with Crippen molar-refractivity contribution in [2.24, 2.45) is 10.5 Å². The highest BCUT2D eigenvalue weighted by Crippen LogP contribution is 2.51. The van der Waals surface area contributed by atoms with Gasteiger partial charge >= 0.3 is 0 Å². The lowest BCUT2D eigenvalue weighted by atomic mass is 9.64. The standard InChI is InChI=1S/C27H36FN3O2/c1-7-8-15-26(4)24(21-10-12-22(28)13-11-21)30-31(23-14-9-19(2)18-20(23)3)27(26,5)25(32)29-16-17-33-6/h9-14,18H,7-8,15-17H2,1-6H3,(H,29,32). The molecule has 2 unspecified atom stereocenters. The SMILES string of the molecule is CCCCC1(C)C(c2ccc(F)cc2)=NN(c2ccc(C)cc2C)C1(C)C(=O)NCCOC. The molecule has 1 aliphatic heterocycles. The smallest absolute Gasteiger partial charge is 0.248 e. The lowest BCUT2D eigenvalue weighted by Gasteiger charge is -2.44. The number of benzene rings is 2. The summed E-state index contributed by atoms with van der Waals surface area (Å²) in [5.74, 6) is -0.391. The predicted octanol–water partition coefficient (Wildman–Crippen LogP) is 5.38. The fraction of sp³-hybridized carbons (Fsp3) is 0.481. The molecule has 1 aliphatic rings. The van der Waals surface area contributed by atoms with Crippen molar-refractivity contribution in [3.63, 3.8) is 0 Å². The summed E-state index contributed by atoms with van der Waals surface area (Å²) in [6.07, 6.45) is 2.71. The molecule has 0 radical (unpaired) electrons. The van der Waals surface area contributed by atoms with Gasteiger partial charge in [0.15, 0.2) is 0 Å². The van der Waals surface area contributed by atoms with E-state index in [0.29, 0.717) is 13.2 Å². The van der Waals surface area contributed by atoms with Gasteiger partial charge in [-0.2, -0.15) is 5.10 Å². The molecule has 0 saturated carbocycles. The van der Waals surface area contributed by atoms with Crippen LogP contribution in [0.4, 0.5) is 10.1 Å². The Morgan fingerprint density at radius 3 is 2.45 bits per heavy atom. The van der Waals surface area contributed by atoms with Gasteiger partial charge in [-0.25, -0.2) is 9.40 Å². The van der Waals surface area contributed by atoms with Gasteiger partial charge in [-0.15, -0.1) is 0 Å². The summed E-state index contributed by atoms with van der Waals surface area (Å²) < 4.78 is 18.9. The number of rotatable bonds is 9. The highest BCUT2D eigenvalue weighted by molar-refractivity contribution is 6.13. The molecule has 33 heavy (non-hydrogen) atoms. The first-order valence-corrected chi connectivity index (χ1v) is 11.7. The number of hydrogen-bond acceptors (Lipinski definition) is 4. The van der Waals surface area contributed by atoms with E-state index in [1.165, 1.54) is 12.1 Å². The molecule has 3 rings (SSSR count). The first-order chi connectivity index (χ1) is 15.7. The summed E-state index contributed by atoms with van der Waals surface area (Å²) in [6, 6.07) is 12.6. The van der Waals surface area contributed by atoms with Gasteiger partial charge in [0.05, 0.1) is 18.0 Å². The zero-order valence-corrected chi connectivity index (χ0v) is 20.7. The number of methoxy groups -OCH3 is 1. The molecule has 0 saturated heterocycles. The number of nitrogens with zero attached hydrogens (tertiary/aromatic N) is 2. The zero-order valence-electron chi connectivity index (χ0n) is 20.7. The van der Waals surface area contributed by atoms with Crippen molar-refractivity contribution in [1.82, 2.24) is 5.32 Å². The van der Waals surface area contributed by atoms with Crippen LogP contribution in [0, 0.1) is 25.1 Å². The summed E-state index contributed by atoms with van der Waals surface area (Å²) in [7, 11) is 1.62. The van der Waals surface area contributed by atoms with E-state index >= 15 is 0 Å². The molecule has 0 fully saturated rings. The average molecular weight is 454 g/mol. The van der Waals surface area contributed by atoms with Crippen LogP contribution in [0.2, 0.25) is 0 Å². The molecule has 1 amide bonds. The lowest BCUT2D eigenvalue weighted by molar-refractivity contribution is -0.128. The maximum atomic E-state index is 13.9. The molecular weight excluding hydrogens is 417 g/mol. The fourth-order valence-electron chi connectivity index (χ4n) is 4.77. The Morgan fingerprint density at radius 1 is 1.15 bits per heavy atom. The van der Waals surface area contributed by atoms with Crippen molar-refractivity contribution in [3.8, 4) is 0 Å². The van der Waals surface area contributed by atoms with Crippen molar-refractivity contribution in [3.05, 3.63) is 65.0 Å². The Morgan fingerprint density at radius 2 is 1.85 bits per heavy atom. The number of anilines is 1.